The average molecular weight is 230 g/mol. The van der Waals surface area contributed by atoms with Gasteiger partial charge < -0.3 is 10.2 Å². The number of hydrogen-bond donors (Lipinski definition) is 2. The maximum Gasteiger partial charge on any atom is 0.0618 e. The molecule has 2 N–H and O–H groups in total. The molecule has 0 aliphatic heterocycles. The van der Waals surface area contributed by atoms with Crippen molar-refractivity contribution in [2.45, 2.75) is 78.2 Å². The minimum Gasteiger partial charge on any atom is -0.396 e. The smallest absolute Gasteiger partial charge is 0.0618 e. The summed E-state index contributed by atoms with van der Waals surface area (Å²) in [6.07, 6.45) is 7.92. The van der Waals surface area contributed by atoms with E-state index in [0.29, 0.717) is 0 Å². The monoisotopic (exact) mass is 230 g/mol. The minimum atomic E-state index is -0.334. The SMILES string of the molecule is CCCCCC(CO)(CCC)C(O)CCC. The van der Waals surface area contributed by atoms with E-state index < -0.39 is 0 Å². The fourth-order valence-corrected chi connectivity index (χ4v) is 2.53. The Morgan fingerprint density at radius 1 is 0.938 bits per heavy atom. The van der Waals surface area contributed by atoms with Crippen LogP contribution in [0.5, 0.6) is 0 Å². The molecule has 0 bridgehead atoms. The first-order valence-corrected chi connectivity index (χ1v) is 6.95. The third-order valence-electron chi connectivity index (χ3n) is 3.61. The van der Waals surface area contributed by atoms with Crippen molar-refractivity contribution in [3.05, 3.63) is 0 Å². The highest BCUT2D eigenvalue weighted by Crippen LogP contribution is 2.36. The molecule has 0 saturated heterocycles. The molecule has 0 radical (unpaired) electrons. The van der Waals surface area contributed by atoms with Crippen LogP contribution in [0.1, 0.15) is 72.1 Å². The molecule has 0 aromatic heterocycles. The van der Waals surface area contributed by atoms with Gasteiger partial charge in [-0.05, 0) is 19.3 Å². The molecule has 0 rings (SSSR count). The second-order valence-corrected chi connectivity index (χ2v) is 5.03. The fraction of sp³-hybridized carbons (Fsp3) is 1.00. The predicted molar refractivity (Wildman–Crippen MR) is 69.5 cm³/mol. The van der Waals surface area contributed by atoms with Gasteiger partial charge in [-0.25, -0.2) is 0 Å². The topological polar surface area (TPSA) is 40.5 Å². The lowest BCUT2D eigenvalue weighted by Gasteiger charge is -2.36. The van der Waals surface area contributed by atoms with Crippen molar-refractivity contribution in [3.8, 4) is 0 Å². The third-order valence-corrected chi connectivity index (χ3v) is 3.61. The highest BCUT2D eigenvalue weighted by atomic mass is 16.3. The maximum absolute atomic E-state index is 10.2. The van der Waals surface area contributed by atoms with E-state index in [2.05, 4.69) is 20.8 Å². The molecule has 0 amide bonds. The lowest BCUT2D eigenvalue weighted by Crippen LogP contribution is -2.38. The largest absolute Gasteiger partial charge is 0.396 e. The summed E-state index contributed by atoms with van der Waals surface area (Å²) < 4.78 is 0. The summed E-state index contributed by atoms with van der Waals surface area (Å²) in [5.74, 6) is 0. The zero-order valence-electron chi connectivity index (χ0n) is 11.3. The lowest BCUT2D eigenvalue weighted by molar-refractivity contribution is -0.0364. The quantitative estimate of drug-likeness (QED) is 0.564. The first-order valence-electron chi connectivity index (χ1n) is 6.95. The van der Waals surface area contributed by atoms with Gasteiger partial charge in [0.1, 0.15) is 0 Å². The molecule has 0 aromatic carbocycles. The van der Waals surface area contributed by atoms with Gasteiger partial charge in [0.15, 0.2) is 0 Å². The molecule has 0 spiro atoms. The van der Waals surface area contributed by atoms with Gasteiger partial charge in [0, 0.05) is 5.41 Å². The Kier molecular flexibility index (Phi) is 8.96. The zero-order chi connectivity index (χ0) is 12.4. The number of unbranched alkanes of at least 4 members (excludes halogenated alkanes) is 2. The molecule has 16 heavy (non-hydrogen) atoms. The Hall–Kier alpha value is -0.0800. The van der Waals surface area contributed by atoms with Crippen molar-refractivity contribution >= 4 is 0 Å². The van der Waals surface area contributed by atoms with Gasteiger partial charge in [-0.15, -0.1) is 0 Å². The van der Waals surface area contributed by atoms with Crippen LogP contribution in [0, 0.1) is 5.41 Å². The number of aliphatic hydroxyl groups excluding tert-OH is 2. The fourth-order valence-electron chi connectivity index (χ4n) is 2.53. The first-order chi connectivity index (χ1) is 7.66. The minimum absolute atomic E-state index is 0.131. The van der Waals surface area contributed by atoms with Crippen LogP contribution in [0.2, 0.25) is 0 Å². The van der Waals surface area contributed by atoms with Gasteiger partial charge in [-0.2, -0.15) is 0 Å². The Balaban J connectivity index is 4.42. The zero-order valence-corrected chi connectivity index (χ0v) is 11.3. The van der Waals surface area contributed by atoms with Crippen molar-refractivity contribution in [1.29, 1.82) is 0 Å². The van der Waals surface area contributed by atoms with E-state index in [9.17, 15) is 10.2 Å². The molecule has 2 heteroatoms. The van der Waals surface area contributed by atoms with Crippen molar-refractivity contribution in [2.24, 2.45) is 5.41 Å². The summed E-state index contributed by atoms with van der Waals surface area (Å²) in [7, 11) is 0. The summed E-state index contributed by atoms with van der Waals surface area (Å²) in [6, 6.07) is 0. The van der Waals surface area contributed by atoms with E-state index >= 15 is 0 Å². The van der Waals surface area contributed by atoms with Gasteiger partial charge in [0.2, 0.25) is 0 Å². The summed E-state index contributed by atoms with van der Waals surface area (Å²) in [4.78, 5) is 0. The van der Waals surface area contributed by atoms with Crippen molar-refractivity contribution < 1.29 is 10.2 Å². The standard InChI is InChI=1S/C14H30O2/c1-4-7-8-11-14(12-15,10-6-3)13(16)9-5-2/h13,15-16H,4-12H2,1-3H3. The Morgan fingerprint density at radius 2 is 1.62 bits per heavy atom. The maximum atomic E-state index is 10.2. The predicted octanol–water partition coefficient (Wildman–Crippen LogP) is 3.51. The number of rotatable bonds is 10. The van der Waals surface area contributed by atoms with E-state index in [4.69, 9.17) is 0 Å². The average Bonchev–Trinajstić information content (AvgIpc) is 2.28. The highest BCUT2D eigenvalue weighted by molar-refractivity contribution is 4.85. The number of hydrogen-bond acceptors (Lipinski definition) is 2. The summed E-state index contributed by atoms with van der Waals surface area (Å²) in [5, 5.41) is 19.9. The van der Waals surface area contributed by atoms with Crippen LogP contribution in [-0.2, 0) is 0 Å². The molecule has 2 atom stereocenters. The van der Waals surface area contributed by atoms with Gasteiger partial charge in [0.05, 0.1) is 12.7 Å². The summed E-state index contributed by atoms with van der Waals surface area (Å²) in [5.41, 5.74) is -0.236. The van der Waals surface area contributed by atoms with Crippen molar-refractivity contribution in [1.82, 2.24) is 0 Å². The summed E-state index contributed by atoms with van der Waals surface area (Å²) in [6.45, 7) is 6.53. The van der Waals surface area contributed by atoms with Crippen molar-refractivity contribution in [2.75, 3.05) is 6.61 Å². The highest BCUT2D eigenvalue weighted by Gasteiger charge is 2.35. The van der Waals surface area contributed by atoms with Crippen LogP contribution in [0.15, 0.2) is 0 Å². The molecular weight excluding hydrogens is 200 g/mol. The molecule has 98 valence electrons. The summed E-state index contributed by atoms with van der Waals surface area (Å²) >= 11 is 0. The molecule has 0 aliphatic carbocycles. The Bertz CT molecular complexity index is 159. The van der Waals surface area contributed by atoms with Gasteiger partial charge in [0.25, 0.3) is 0 Å². The van der Waals surface area contributed by atoms with Gasteiger partial charge in [-0.3, -0.25) is 0 Å². The van der Waals surface area contributed by atoms with Crippen LogP contribution >= 0.6 is 0 Å². The molecule has 2 nitrogen and oxygen atoms in total. The van der Waals surface area contributed by atoms with Crippen LogP contribution in [0.4, 0.5) is 0 Å². The van der Waals surface area contributed by atoms with Crippen LogP contribution in [0.3, 0.4) is 0 Å². The van der Waals surface area contributed by atoms with Crippen LogP contribution in [-0.4, -0.2) is 22.9 Å². The second kappa shape index (κ2) is 9.00. The van der Waals surface area contributed by atoms with E-state index in [-0.39, 0.29) is 18.1 Å². The second-order valence-electron chi connectivity index (χ2n) is 5.03. The number of aliphatic hydroxyl groups is 2. The van der Waals surface area contributed by atoms with E-state index in [1.807, 2.05) is 0 Å². The lowest BCUT2D eigenvalue weighted by atomic mass is 9.73. The van der Waals surface area contributed by atoms with Crippen LogP contribution in [0.25, 0.3) is 0 Å². The first kappa shape index (κ1) is 15.9. The van der Waals surface area contributed by atoms with Crippen molar-refractivity contribution in [3.63, 3.8) is 0 Å². The van der Waals surface area contributed by atoms with Gasteiger partial charge in [-0.1, -0.05) is 52.9 Å². The third kappa shape index (κ3) is 4.84. The molecule has 2 unspecified atom stereocenters. The van der Waals surface area contributed by atoms with E-state index in [0.717, 1.165) is 38.5 Å². The Labute approximate surface area is 101 Å². The molecule has 0 aromatic rings. The van der Waals surface area contributed by atoms with Crippen LogP contribution < -0.4 is 0 Å². The van der Waals surface area contributed by atoms with E-state index in [1.165, 1.54) is 12.8 Å². The molecular formula is C14H30O2. The van der Waals surface area contributed by atoms with Gasteiger partial charge >= 0.3 is 0 Å². The Morgan fingerprint density at radius 3 is 2.06 bits per heavy atom. The van der Waals surface area contributed by atoms with E-state index in [1.54, 1.807) is 0 Å². The molecule has 0 aliphatic rings. The molecule has 0 saturated carbocycles. The molecule has 0 fully saturated rings. The normalized spacial score (nSPS) is 17.1. The molecule has 0 heterocycles.